The van der Waals surface area contributed by atoms with Crippen molar-refractivity contribution in [1.82, 2.24) is 10.2 Å². The molecule has 0 amide bonds. The number of nitrogens with one attached hydrogen (secondary N) is 1. The van der Waals surface area contributed by atoms with Crippen LogP contribution in [0.15, 0.2) is 11.6 Å². The standard InChI is InChI=1S/C14H25ClN2/c1-3-7-16-12-8-13-5-4-6-14(9-12)17(13)10-11(2)15/h12-14,16H,2-10H2,1H3. The smallest absolute Gasteiger partial charge is 0.0341 e. The van der Waals surface area contributed by atoms with E-state index in [0.717, 1.165) is 36.2 Å². The maximum absolute atomic E-state index is 5.99. The average molecular weight is 257 g/mol. The highest BCUT2D eigenvalue weighted by atomic mass is 35.5. The molecule has 0 aromatic rings. The zero-order valence-corrected chi connectivity index (χ0v) is 11.7. The van der Waals surface area contributed by atoms with E-state index in [2.05, 4.69) is 23.7 Å². The molecular formula is C14H25ClN2. The minimum absolute atomic E-state index is 0.727. The Labute approximate surface area is 110 Å². The molecule has 2 bridgehead atoms. The first-order valence-electron chi connectivity index (χ1n) is 7.03. The average Bonchev–Trinajstić information content (AvgIpc) is 2.26. The molecule has 3 heteroatoms. The van der Waals surface area contributed by atoms with Gasteiger partial charge in [0.1, 0.15) is 0 Å². The minimum Gasteiger partial charge on any atom is -0.314 e. The lowest BCUT2D eigenvalue weighted by Crippen LogP contribution is -2.56. The van der Waals surface area contributed by atoms with E-state index >= 15 is 0 Å². The first kappa shape index (κ1) is 13.4. The van der Waals surface area contributed by atoms with Gasteiger partial charge < -0.3 is 5.32 Å². The van der Waals surface area contributed by atoms with Crippen LogP contribution in [-0.4, -0.2) is 36.1 Å². The van der Waals surface area contributed by atoms with Crippen LogP contribution in [-0.2, 0) is 0 Å². The van der Waals surface area contributed by atoms with Crippen molar-refractivity contribution >= 4 is 11.6 Å². The van der Waals surface area contributed by atoms with Crippen LogP contribution < -0.4 is 5.32 Å². The number of halogens is 1. The monoisotopic (exact) mass is 256 g/mol. The van der Waals surface area contributed by atoms with Gasteiger partial charge >= 0.3 is 0 Å². The van der Waals surface area contributed by atoms with Gasteiger partial charge in [-0.25, -0.2) is 0 Å². The molecule has 0 aromatic heterocycles. The highest BCUT2D eigenvalue weighted by molar-refractivity contribution is 6.29. The molecule has 2 heterocycles. The fraction of sp³-hybridized carbons (Fsp3) is 0.857. The van der Waals surface area contributed by atoms with Crippen molar-refractivity contribution in [1.29, 1.82) is 0 Å². The lowest BCUT2D eigenvalue weighted by molar-refractivity contribution is 0.0342. The Balaban J connectivity index is 1.93. The third kappa shape index (κ3) is 3.46. The van der Waals surface area contributed by atoms with Crippen LogP contribution in [0.25, 0.3) is 0 Å². The van der Waals surface area contributed by atoms with E-state index in [1.54, 1.807) is 0 Å². The molecule has 2 aliphatic rings. The van der Waals surface area contributed by atoms with Crippen LogP contribution in [0.5, 0.6) is 0 Å². The van der Waals surface area contributed by atoms with E-state index in [4.69, 9.17) is 11.6 Å². The molecule has 0 saturated carbocycles. The quantitative estimate of drug-likeness (QED) is 0.813. The summed E-state index contributed by atoms with van der Waals surface area (Å²) in [7, 11) is 0. The van der Waals surface area contributed by atoms with Crippen molar-refractivity contribution < 1.29 is 0 Å². The highest BCUT2D eigenvalue weighted by Gasteiger charge is 2.37. The van der Waals surface area contributed by atoms with Gasteiger partial charge in [0.05, 0.1) is 0 Å². The molecule has 0 aromatic carbocycles. The van der Waals surface area contributed by atoms with E-state index in [1.807, 2.05) is 0 Å². The third-order valence-electron chi connectivity index (χ3n) is 4.16. The van der Waals surface area contributed by atoms with Gasteiger partial charge in [-0.3, -0.25) is 4.90 Å². The SMILES string of the molecule is C=C(Cl)CN1C2CCCC1CC(NCCC)C2. The van der Waals surface area contributed by atoms with Gasteiger partial charge in [0, 0.05) is 29.7 Å². The van der Waals surface area contributed by atoms with Gasteiger partial charge in [-0.1, -0.05) is 31.5 Å². The lowest BCUT2D eigenvalue weighted by atomic mass is 9.81. The maximum Gasteiger partial charge on any atom is 0.0341 e. The van der Waals surface area contributed by atoms with E-state index in [9.17, 15) is 0 Å². The Hall–Kier alpha value is -0.0500. The molecule has 2 rings (SSSR count). The fourth-order valence-electron chi connectivity index (χ4n) is 3.45. The van der Waals surface area contributed by atoms with E-state index in [0.29, 0.717) is 0 Å². The summed E-state index contributed by atoms with van der Waals surface area (Å²) >= 11 is 5.99. The summed E-state index contributed by atoms with van der Waals surface area (Å²) in [6, 6.07) is 2.19. The van der Waals surface area contributed by atoms with Crippen LogP contribution >= 0.6 is 11.6 Å². The molecule has 98 valence electrons. The summed E-state index contributed by atoms with van der Waals surface area (Å²) in [4.78, 5) is 2.60. The van der Waals surface area contributed by atoms with Gasteiger partial charge in [0.15, 0.2) is 0 Å². The fourth-order valence-corrected chi connectivity index (χ4v) is 3.59. The van der Waals surface area contributed by atoms with Gasteiger partial charge in [0.2, 0.25) is 0 Å². The summed E-state index contributed by atoms with van der Waals surface area (Å²) < 4.78 is 0. The molecule has 2 aliphatic heterocycles. The predicted molar refractivity (Wildman–Crippen MR) is 74.4 cm³/mol. The number of nitrogens with zero attached hydrogens (tertiary/aromatic N) is 1. The summed E-state index contributed by atoms with van der Waals surface area (Å²) in [6.07, 6.45) is 7.88. The van der Waals surface area contributed by atoms with Crippen molar-refractivity contribution in [2.45, 2.75) is 63.6 Å². The van der Waals surface area contributed by atoms with E-state index in [1.165, 1.54) is 38.5 Å². The van der Waals surface area contributed by atoms with Gasteiger partial charge in [-0.15, -0.1) is 0 Å². The second-order valence-corrected chi connectivity index (χ2v) is 6.09. The second kappa shape index (κ2) is 6.21. The summed E-state index contributed by atoms with van der Waals surface area (Å²) in [5.74, 6) is 0. The Morgan fingerprint density at radius 1 is 1.35 bits per heavy atom. The van der Waals surface area contributed by atoms with E-state index < -0.39 is 0 Å². The third-order valence-corrected chi connectivity index (χ3v) is 4.28. The topological polar surface area (TPSA) is 15.3 Å². The van der Waals surface area contributed by atoms with Crippen molar-refractivity contribution in [3.05, 3.63) is 11.6 Å². The first-order valence-corrected chi connectivity index (χ1v) is 7.41. The maximum atomic E-state index is 5.99. The van der Waals surface area contributed by atoms with Crippen molar-refractivity contribution in [2.75, 3.05) is 13.1 Å². The summed E-state index contributed by atoms with van der Waals surface area (Å²) in [5, 5.41) is 4.49. The lowest BCUT2D eigenvalue weighted by Gasteiger charge is -2.49. The molecule has 17 heavy (non-hydrogen) atoms. The summed E-state index contributed by atoms with van der Waals surface area (Å²) in [6.45, 7) is 8.14. The van der Waals surface area contributed by atoms with Crippen molar-refractivity contribution in [3.63, 3.8) is 0 Å². The Morgan fingerprint density at radius 2 is 2.00 bits per heavy atom. The van der Waals surface area contributed by atoms with E-state index in [-0.39, 0.29) is 0 Å². The number of piperidine rings is 2. The molecule has 2 saturated heterocycles. The Bertz CT molecular complexity index is 253. The molecule has 0 radical (unpaired) electrons. The molecule has 2 unspecified atom stereocenters. The Morgan fingerprint density at radius 3 is 2.53 bits per heavy atom. The predicted octanol–water partition coefficient (Wildman–Crippen LogP) is 3.12. The largest absolute Gasteiger partial charge is 0.314 e. The molecule has 2 fully saturated rings. The number of hydrogen-bond donors (Lipinski definition) is 1. The summed E-state index contributed by atoms with van der Waals surface area (Å²) in [5.41, 5.74) is 0. The molecular weight excluding hydrogens is 232 g/mol. The highest BCUT2D eigenvalue weighted by Crippen LogP contribution is 2.34. The normalized spacial score (nSPS) is 33.6. The molecule has 2 nitrogen and oxygen atoms in total. The van der Waals surface area contributed by atoms with Gasteiger partial charge in [0.25, 0.3) is 0 Å². The Kier molecular flexibility index (Phi) is 4.89. The van der Waals surface area contributed by atoms with Gasteiger partial charge in [-0.2, -0.15) is 0 Å². The van der Waals surface area contributed by atoms with Crippen molar-refractivity contribution in [3.8, 4) is 0 Å². The first-order chi connectivity index (χ1) is 8.20. The molecule has 0 spiro atoms. The van der Waals surface area contributed by atoms with Crippen LogP contribution in [0.3, 0.4) is 0 Å². The molecule has 0 aliphatic carbocycles. The second-order valence-electron chi connectivity index (χ2n) is 5.55. The van der Waals surface area contributed by atoms with Crippen LogP contribution in [0.4, 0.5) is 0 Å². The van der Waals surface area contributed by atoms with Crippen LogP contribution in [0, 0.1) is 0 Å². The number of rotatable bonds is 5. The zero-order chi connectivity index (χ0) is 12.3. The molecule has 2 atom stereocenters. The molecule has 1 N–H and O–H groups in total. The number of hydrogen-bond acceptors (Lipinski definition) is 2. The minimum atomic E-state index is 0.727. The van der Waals surface area contributed by atoms with Crippen LogP contribution in [0.1, 0.15) is 45.4 Å². The zero-order valence-electron chi connectivity index (χ0n) is 10.9. The van der Waals surface area contributed by atoms with Gasteiger partial charge in [-0.05, 0) is 38.6 Å². The number of fused-ring (bicyclic) bond motifs is 2. The van der Waals surface area contributed by atoms with Crippen molar-refractivity contribution in [2.24, 2.45) is 0 Å². The van der Waals surface area contributed by atoms with Crippen LogP contribution in [0.2, 0.25) is 0 Å².